The van der Waals surface area contributed by atoms with Gasteiger partial charge in [-0.25, -0.2) is 0 Å². The van der Waals surface area contributed by atoms with E-state index in [1.54, 1.807) is 0 Å². The third-order valence-corrected chi connectivity index (χ3v) is 3.06. The highest BCUT2D eigenvalue weighted by molar-refractivity contribution is 4.71. The zero-order chi connectivity index (χ0) is 9.52. The van der Waals surface area contributed by atoms with E-state index >= 15 is 0 Å². The number of nitrogens with zero attached hydrogens (tertiary/aromatic N) is 1. The lowest BCUT2D eigenvalue weighted by Crippen LogP contribution is -2.40. The Kier molecular flexibility index (Phi) is 5.40. The summed E-state index contributed by atoms with van der Waals surface area (Å²) in [5.74, 6) is 0. The average molecular weight is 184 g/mol. The van der Waals surface area contributed by atoms with Crippen LogP contribution in [0.3, 0.4) is 0 Å². The van der Waals surface area contributed by atoms with Crippen molar-refractivity contribution in [2.45, 2.75) is 45.6 Å². The van der Waals surface area contributed by atoms with E-state index in [2.05, 4.69) is 24.1 Å². The first-order valence-corrected chi connectivity index (χ1v) is 5.83. The summed E-state index contributed by atoms with van der Waals surface area (Å²) in [7, 11) is 0. The van der Waals surface area contributed by atoms with E-state index in [1.165, 1.54) is 51.9 Å². The zero-order valence-electron chi connectivity index (χ0n) is 9.18. The summed E-state index contributed by atoms with van der Waals surface area (Å²) in [4.78, 5) is 2.68. The van der Waals surface area contributed by atoms with Gasteiger partial charge >= 0.3 is 0 Å². The van der Waals surface area contributed by atoms with Crippen molar-refractivity contribution < 1.29 is 0 Å². The fraction of sp³-hybridized carbons (Fsp3) is 1.00. The molecule has 0 aliphatic carbocycles. The molecule has 0 atom stereocenters. The first-order valence-electron chi connectivity index (χ1n) is 5.83. The molecule has 0 bridgehead atoms. The van der Waals surface area contributed by atoms with Crippen molar-refractivity contribution in [2.24, 2.45) is 0 Å². The maximum atomic E-state index is 3.46. The molecule has 0 amide bonds. The quantitative estimate of drug-likeness (QED) is 0.720. The minimum absolute atomic E-state index is 0.832. The molecule has 0 aromatic heterocycles. The molecule has 2 nitrogen and oxygen atoms in total. The Morgan fingerprint density at radius 2 is 1.62 bits per heavy atom. The Labute approximate surface area is 82.7 Å². The molecule has 0 aromatic rings. The number of rotatable bonds is 3. The van der Waals surface area contributed by atoms with Gasteiger partial charge in [0.15, 0.2) is 0 Å². The van der Waals surface area contributed by atoms with Gasteiger partial charge in [-0.2, -0.15) is 0 Å². The highest BCUT2D eigenvalue weighted by Gasteiger charge is 2.14. The topological polar surface area (TPSA) is 15.3 Å². The molecule has 1 aliphatic rings. The maximum absolute atomic E-state index is 3.46. The normalized spacial score (nSPS) is 21.5. The van der Waals surface area contributed by atoms with Crippen LogP contribution < -0.4 is 5.32 Å². The van der Waals surface area contributed by atoms with Gasteiger partial charge in [0.1, 0.15) is 0 Å². The molecule has 1 rings (SSSR count). The van der Waals surface area contributed by atoms with E-state index in [1.807, 2.05) is 0 Å². The monoisotopic (exact) mass is 184 g/mol. The van der Waals surface area contributed by atoms with Gasteiger partial charge < -0.3 is 10.2 Å². The Hall–Kier alpha value is -0.0800. The number of hydrogen-bond donors (Lipinski definition) is 1. The smallest absolute Gasteiger partial charge is 0.00900 e. The molecular formula is C11H24N2. The van der Waals surface area contributed by atoms with E-state index in [-0.39, 0.29) is 0 Å². The molecule has 1 saturated heterocycles. The van der Waals surface area contributed by atoms with Gasteiger partial charge in [0.05, 0.1) is 0 Å². The second kappa shape index (κ2) is 6.39. The molecule has 0 aromatic carbocycles. The van der Waals surface area contributed by atoms with Crippen molar-refractivity contribution in [1.82, 2.24) is 10.2 Å². The lowest BCUT2D eigenvalue weighted by molar-refractivity contribution is 0.173. The van der Waals surface area contributed by atoms with Gasteiger partial charge in [0.25, 0.3) is 0 Å². The van der Waals surface area contributed by atoms with Gasteiger partial charge in [-0.3, -0.25) is 0 Å². The van der Waals surface area contributed by atoms with Crippen molar-refractivity contribution in [3.05, 3.63) is 0 Å². The third-order valence-electron chi connectivity index (χ3n) is 3.06. The van der Waals surface area contributed by atoms with Gasteiger partial charge in [-0.1, -0.05) is 13.8 Å². The highest BCUT2D eigenvalue weighted by Crippen LogP contribution is 2.10. The highest BCUT2D eigenvalue weighted by atomic mass is 15.2. The number of hydrogen-bond acceptors (Lipinski definition) is 2. The third kappa shape index (κ3) is 3.65. The largest absolute Gasteiger partial charge is 0.317 e. The second-order valence-electron chi connectivity index (χ2n) is 3.96. The van der Waals surface area contributed by atoms with Gasteiger partial charge in [-0.15, -0.1) is 0 Å². The first-order chi connectivity index (χ1) is 6.38. The van der Waals surface area contributed by atoms with E-state index in [0.29, 0.717) is 0 Å². The molecular weight excluding hydrogens is 160 g/mol. The summed E-state index contributed by atoms with van der Waals surface area (Å²) in [5.41, 5.74) is 0. The summed E-state index contributed by atoms with van der Waals surface area (Å²) in [6.07, 6.45) is 5.25. The summed E-state index contributed by atoms with van der Waals surface area (Å²) < 4.78 is 0. The van der Waals surface area contributed by atoms with Crippen LogP contribution in [-0.2, 0) is 0 Å². The minimum atomic E-state index is 0.832. The van der Waals surface area contributed by atoms with E-state index in [0.717, 1.165) is 6.04 Å². The minimum Gasteiger partial charge on any atom is -0.317 e. The molecule has 0 saturated carbocycles. The van der Waals surface area contributed by atoms with Crippen LogP contribution in [0, 0.1) is 0 Å². The van der Waals surface area contributed by atoms with E-state index < -0.39 is 0 Å². The molecule has 1 heterocycles. The van der Waals surface area contributed by atoms with Crippen molar-refractivity contribution in [2.75, 3.05) is 26.2 Å². The second-order valence-corrected chi connectivity index (χ2v) is 3.96. The number of nitrogens with one attached hydrogen (secondary N) is 1. The average Bonchev–Trinajstić information content (AvgIpc) is 2.09. The molecule has 0 unspecified atom stereocenters. The SMILES string of the molecule is CCC(CC)N1CCCNCCC1. The summed E-state index contributed by atoms with van der Waals surface area (Å²) in [6, 6.07) is 0.832. The van der Waals surface area contributed by atoms with Crippen LogP contribution in [0.15, 0.2) is 0 Å². The molecule has 1 N–H and O–H groups in total. The van der Waals surface area contributed by atoms with Gasteiger partial charge in [-0.05, 0) is 51.9 Å². The van der Waals surface area contributed by atoms with Gasteiger partial charge in [0, 0.05) is 6.04 Å². The maximum Gasteiger partial charge on any atom is 0.00900 e. The van der Waals surface area contributed by atoms with E-state index in [4.69, 9.17) is 0 Å². The summed E-state index contributed by atoms with van der Waals surface area (Å²) in [5, 5.41) is 3.46. The Morgan fingerprint density at radius 1 is 1.08 bits per heavy atom. The molecule has 13 heavy (non-hydrogen) atoms. The predicted molar refractivity (Wildman–Crippen MR) is 58.0 cm³/mol. The van der Waals surface area contributed by atoms with Crippen molar-refractivity contribution in [3.63, 3.8) is 0 Å². The van der Waals surface area contributed by atoms with Crippen LogP contribution in [0.4, 0.5) is 0 Å². The Morgan fingerprint density at radius 3 is 2.08 bits per heavy atom. The van der Waals surface area contributed by atoms with Crippen LogP contribution in [0.5, 0.6) is 0 Å². The predicted octanol–water partition coefficient (Wildman–Crippen LogP) is 1.86. The standard InChI is InChI=1S/C11H24N2/c1-3-11(4-2)13-9-5-7-12-8-6-10-13/h11-12H,3-10H2,1-2H3. The van der Waals surface area contributed by atoms with E-state index in [9.17, 15) is 0 Å². The fourth-order valence-corrected chi connectivity index (χ4v) is 2.22. The Balaban J connectivity index is 2.35. The molecule has 1 fully saturated rings. The van der Waals surface area contributed by atoms with Crippen LogP contribution in [0.25, 0.3) is 0 Å². The lowest BCUT2D eigenvalue weighted by atomic mass is 10.1. The van der Waals surface area contributed by atoms with Crippen LogP contribution in [-0.4, -0.2) is 37.1 Å². The van der Waals surface area contributed by atoms with Crippen molar-refractivity contribution >= 4 is 0 Å². The molecule has 78 valence electrons. The van der Waals surface area contributed by atoms with Crippen LogP contribution in [0.1, 0.15) is 39.5 Å². The summed E-state index contributed by atoms with van der Waals surface area (Å²) >= 11 is 0. The van der Waals surface area contributed by atoms with Crippen LogP contribution >= 0.6 is 0 Å². The molecule has 2 heteroatoms. The lowest BCUT2D eigenvalue weighted by Gasteiger charge is -2.31. The van der Waals surface area contributed by atoms with Crippen LogP contribution in [0.2, 0.25) is 0 Å². The fourth-order valence-electron chi connectivity index (χ4n) is 2.22. The van der Waals surface area contributed by atoms with Crippen molar-refractivity contribution in [1.29, 1.82) is 0 Å². The Bertz CT molecular complexity index is 113. The molecule has 1 aliphatic heterocycles. The first kappa shape index (κ1) is 11.0. The summed E-state index contributed by atoms with van der Waals surface area (Å²) in [6.45, 7) is 9.61. The molecule has 0 radical (unpaired) electrons. The zero-order valence-corrected chi connectivity index (χ0v) is 9.18. The van der Waals surface area contributed by atoms with Crippen molar-refractivity contribution in [3.8, 4) is 0 Å². The molecule has 0 spiro atoms. The van der Waals surface area contributed by atoms with Gasteiger partial charge in [0.2, 0.25) is 0 Å².